The molecule has 0 aliphatic rings. The van der Waals surface area contributed by atoms with Crippen molar-refractivity contribution in [3.63, 3.8) is 0 Å². The van der Waals surface area contributed by atoms with E-state index in [9.17, 15) is 14.7 Å². The van der Waals surface area contributed by atoms with Crippen LogP contribution in [0.1, 0.15) is 5.56 Å². The molecule has 3 aromatic heterocycles. The zero-order valence-corrected chi connectivity index (χ0v) is 18.1. The van der Waals surface area contributed by atoms with Crippen LogP contribution >= 0.6 is 0 Å². The summed E-state index contributed by atoms with van der Waals surface area (Å²) in [4.78, 5) is 32.7. The van der Waals surface area contributed by atoms with Crippen molar-refractivity contribution in [3.8, 4) is 5.88 Å². The lowest BCUT2D eigenvalue weighted by Gasteiger charge is -2.07. The first-order valence-corrected chi connectivity index (χ1v) is 10.4. The standard InChI is InChI=1S/C23H21N7O3/c1-28-19-18(21(32)29(2)23(28)33)30(13-12-14-8-4-3-5-9-14)22(25-19)27-26-17-15-10-6-7-11-16(15)24-20(17)31/h3-11,24,31H,12-13H2,1-2H3. The van der Waals surface area contributed by atoms with Gasteiger partial charge in [0.05, 0.1) is 5.52 Å². The van der Waals surface area contributed by atoms with Gasteiger partial charge in [0.15, 0.2) is 16.9 Å². The second-order valence-electron chi connectivity index (χ2n) is 7.74. The highest BCUT2D eigenvalue weighted by atomic mass is 16.3. The number of hydrogen-bond acceptors (Lipinski definition) is 6. The van der Waals surface area contributed by atoms with Gasteiger partial charge in [0.1, 0.15) is 0 Å². The highest BCUT2D eigenvalue weighted by Gasteiger charge is 2.19. The van der Waals surface area contributed by atoms with E-state index in [1.807, 2.05) is 54.6 Å². The number of benzene rings is 2. The Morgan fingerprint density at radius 3 is 2.48 bits per heavy atom. The lowest BCUT2D eigenvalue weighted by Crippen LogP contribution is -2.37. The molecule has 3 heterocycles. The second kappa shape index (κ2) is 7.90. The summed E-state index contributed by atoms with van der Waals surface area (Å²) in [7, 11) is 2.99. The van der Waals surface area contributed by atoms with E-state index in [0.717, 1.165) is 15.6 Å². The van der Waals surface area contributed by atoms with E-state index in [-0.39, 0.29) is 28.7 Å². The first-order valence-electron chi connectivity index (χ1n) is 10.4. The predicted molar refractivity (Wildman–Crippen MR) is 125 cm³/mol. The summed E-state index contributed by atoms with van der Waals surface area (Å²) < 4.78 is 4.03. The second-order valence-corrected chi connectivity index (χ2v) is 7.74. The Labute approximate surface area is 187 Å². The van der Waals surface area contributed by atoms with Crippen LogP contribution in [0.4, 0.5) is 11.6 Å². The topological polar surface area (TPSA) is 123 Å². The third kappa shape index (κ3) is 3.41. The minimum Gasteiger partial charge on any atom is -0.493 e. The monoisotopic (exact) mass is 443 g/mol. The summed E-state index contributed by atoms with van der Waals surface area (Å²) in [6.07, 6.45) is 0.624. The van der Waals surface area contributed by atoms with Crippen LogP contribution < -0.4 is 11.2 Å². The van der Waals surface area contributed by atoms with Gasteiger partial charge in [0.25, 0.3) is 11.5 Å². The molecule has 2 aromatic carbocycles. The van der Waals surface area contributed by atoms with Crippen molar-refractivity contribution in [1.29, 1.82) is 0 Å². The molecular formula is C23H21N7O3. The lowest BCUT2D eigenvalue weighted by molar-refractivity contribution is 0.459. The van der Waals surface area contributed by atoms with Crippen molar-refractivity contribution in [2.24, 2.45) is 24.3 Å². The summed E-state index contributed by atoms with van der Waals surface area (Å²) in [5.74, 6) is 0.0547. The molecule has 0 atom stereocenters. The molecule has 0 saturated carbocycles. The van der Waals surface area contributed by atoms with Gasteiger partial charge >= 0.3 is 5.69 Å². The molecule has 0 fully saturated rings. The van der Waals surface area contributed by atoms with Crippen LogP contribution in [0.25, 0.3) is 22.1 Å². The van der Waals surface area contributed by atoms with Crippen molar-refractivity contribution in [3.05, 3.63) is 81.0 Å². The molecule has 10 nitrogen and oxygen atoms in total. The summed E-state index contributed by atoms with van der Waals surface area (Å²) in [5.41, 5.74) is 1.65. The van der Waals surface area contributed by atoms with E-state index < -0.39 is 11.2 Å². The fourth-order valence-electron chi connectivity index (χ4n) is 3.92. The molecule has 2 N–H and O–H groups in total. The predicted octanol–water partition coefficient (Wildman–Crippen LogP) is 3.28. The number of imidazole rings is 1. The first-order chi connectivity index (χ1) is 16.0. The number of nitrogens with one attached hydrogen (secondary N) is 1. The van der Waals surface area contributed by atoms with Gasteiger partial charge in [0.2, 0.25) is 5.88 Å². The zero-order chi connectivity index (χ0) is 23.1. The summed E-state index contributed by atoms with van der Waals surface area (Å²) in [6.45, 7) is 0.405. The molecule has 166 valence electrons. The van der Waals surface area contributed by atoms with Crippen LogP contribution in [0.3, 0.4) is 0 Å². The molecule has 0 unspecified atom stereocenters. The van der Waals surface area contributed by atoms with Gasteiger partial charge in [-0.25, -0.2) is 4.79 Å². The smallest absolute Gasteiger partial charge is 0.332 e. The lowest BCUT2D eigenvalue weighted by atomic mass is 10.1. The molecule has 10 heteroatoms. The van der Waals surface area contributed by atoms with Gasteiger partial charge in [-0.15, -0.1) is 10.2 Å². The molecule has 0 saturated heterocycles. The van der Waals surface area contributed by atoms with Crippen LogP contribution in [-0.4, -0.2) is 28.8 Å². The van der Waals surface area contributed by atoms with Crippen molar-refractivity contribution >= 4 is 33.7 Å². The molecule has 0 amide bonds. The van der Waals surface area contributed by atoms with Gasteiger partial charge in [-0.1, -0.05) is 48.5 Å². The summed E-state index contributed by atoms with van der Waals surface area (Å²) >= 11 is 0. The summed E-state index contributed by atoms with van der Waals surface area (Å²) in [5, 5.41) is 19.5. The molecule has 33 heavy (non-hydrogen) atoms. The third-order valence-corrected chi connectivity index (χ3v) is 5.69. The van der Waals surface area contributed by atoms with Gasteiger partial charge in [-0.05, 0) is 18.1 Å². The minimum absolute atomic E-state index is 0.116. The molecule has 0 radical (unpaired) electrons. The summed E-state index contributed by atoms with van der Waals surface area (Å²) in [6, 6.07) is 17.2. The Bertz CT molecular complexity index is 1640. The highest BCUT2D eigenvalue weighted by molar-refractivity contribution is 5.94. The molecule has 5 rings (SSSR count). The van der Waals surface area contributed by atoms with Gasteiger partial charge in [-0.3, -0.25) is 13.9 Å². The Kier molecular flexibility index (Phi) is 4.89. The quantitative estimate of drug-likeness (QED) is 0.405. The fourth-order valence-corrected chi connectivity index (χ4v) is 3.92. The average molecular weight is 443 g/mol. The van der Waals surface area contributed by atoms with E-state index in [4.69, 9.17) is 0 Å². The Morgan fingerprint density at radius 2 is 1.70 bits per heavy atom. The number of nitrogens with zero attached hydrogens (tertiary/aromatic N) is 6. The Balaban J connectivity index is 1.67. The van der Waals surface area contributed by atoms with E-state index in [0.29, 0.717) is 18.4 Å². The fraction of sp³-hybridized carbons (Fsp3) is 0.174. The van der Waals surface area contributed by atoms with Crippen LogP contribution in [-0.2, 0) is 27.1 Å². The van der Waals surface area contributed by atoms with E-state index >= 15 is 0 Å². The first kappa shape index (κ1) is 20.4. The number of aromatic hydroxyl groups is 1. The van der Waals surface area contributed by atoms with Crippen LogP contribution in [0, 0.1) is 0 Å². The van der Waals surface area contributed by atoms with Gasteiger partial charge in [-0.2, -0.15) is 4.98 Å². The van der Waals surface area contributed by atoms with E-state index in [1.54, 1.807) is 11.6 Å². The average Bonchev–Trinajstić information content (AvgIpc) is 3.36. The normalized spacial score (nSPS) is 11.8. The number of aromatic nitrogens is 5. The van der Waals surface area contributed by atoms with E-state index in [1.165, 1.54) is 11.6 Å². The molecule has 0 spiro atoms. The number of H-pyrrole nitrogens is 1. The maximum Gasteiger partial charge on any atom is 0.332 e. The van der Waals surface area contributed by atoms with Crippen molar-refractivity contribution in [2.45, 2.75) is 13.0 Å². The van der Waals surface area contributed by atoms with Gasteiger partial charge < -0.3 is 14.7 Å². The number of rotatable bonds is 5. The number of aryl methyl sites for hydroxylation is 3. The number of fused-ring (bicyclic) bond motifs is 2. The van der Waals surface area contributed by atoms with E-state index in [2.05, 4.69) is 20.2 Å². The number of azo groups is 1. The third-order valence-electron chi connectivity index (χ3n) is 5.69. The van der Waals surface area contributed by atoms with Crippen LogP contribution in [0.2, 0.25) is 0 Å². The largest absolute Gasteiger partial charge is 0.493 e. The Hall–Kier alpha value is -4.47. The molecule has 0 bridgehead atoms. The maximum absolute atomic E-state index is 13.0. The minimum atomic E-state index is -0.474. The zero-order valence-electron chi connectivity index (χ0n) is 18.1. The number of aromatic amines is 1. The SMILES string of the molecule is Cn1c(=O)c2c(nc(N=Nc3c(O)[nH]c4ccccc34)n2CCc2ccccc2)n(C)c1=O. The Morgan fingerprint density at radius 1 is 0.970 bits per heavy atom. The molecule has 5 aromatic rings. The van der Waals surface area contributed by atoms with Crippen molar-refractivity contribution < 1.29 is 5.11 Å². The maximum atomic E-state index is 13.0. The van der Waals surface area contributed by atoms with Crippen LogP contribution in [0.15, 0.2) is 74.4 Å². The molecule has 0 aliphatic carbocycles. The highest BCUT2D eigenvalue weighted by Crippen LogP contribution is 2.36. The van der Waals surface area contributed by atoms with Crippen molar-refractivity contribution in [1.82, 2.24) is 23.7 Å². The molecular weight excluding hydrogens is 422 g/mol. The number of para-hydroxylation sites is 1. The van der Waals surface area contributed by atoms with Gasteiger partial charge in [0, 0.05) is 26.0 Å². The van der Waals surface area contributed by atoms with Crippen molar-refractivity contribution in [2.75, 3.05) is 0 Å². The molecule has 0 aliphatic heterocycles. The van der Waals surface area contributed by atoms with Crippen LogP contribution in [0.5, 0.6) is 5.88 Å². The number of hydrogen-bond donors (Lipinski definition) is 2.